The molecule has 1 amide bonds. The van der Waals surface area contributed by atoms with Crippen LogP contribution in [0.1, 0.15) is 44.5 Å². The Hall–Kier alpha value is -2.71. The summed E-state index contributed by atoms with van der Waals surface area (Å²) in [7, 11) is 0. The molecule has 4 N–H and O–H groups in total. The van der Waals surface area contributed by atoms with Crippen LogP contribution in [-0.4, -0.2) is 44.9 Å². The van der Waals surface area contributed by atoms with Gasteiger partial charge in [-0.3, -0.25) is 9.59 Å². The molecule has 1 heterocycles. The number of benzene rings is 1. The van der Waals surface area contributed by atoms with Gasteiger partial charge in [-0.2, -0.15) is 0 Å². The number of hydrogen-bond acceptors (Lipinski definition) is 5. The first-order chi connectivity index (χ1) is 12.4. The molecule has 1 radical (unpaired) electrons. The molecule has 1 unspecified atom stereocenters. The number of ketones is 1. The third-order valence-corrected chi connectivity index (χ3v) is 4.69. The highest BCUT2D eigenvalue weighted by molar-refractivity contribution is 6.04. The Labute approximate surface area is 157 Å². The maximum absolute atomic E-state index is 12.6. The molecule has 145 valence electrons. The highest BCUT2D eigenvalue weighted by Crippen LogP contribution is 2.38. The first-order valence-electron chi connectivity index (χ1n) is 8.50. The minimum Gasteiger partial charge on any atom is -0.480 e. The fraction of sp³-hybridized carbons (Fsp3) is 0.421. The van der Waals surface area contributed by atoms with Crippen LogP contribution in [0.25, 0.3) is 0 Å². The molecule has 1 atom stereocenters. The van der Waals surface area contributed by atoms with E-state index in [0.29, 0.717) is 0 Å². The average Bonchev–Trinajstić information content (AvgIpc) is 2.74. The van der Waals surface area contributed by atoms with E-state index in [1.807, 2.05) is 0 Å². The molecule has 27 heavy (non-hydrogen) atoms. The second-order valence-corrected chi connectivity index (χ2v) is 7.64. The lowest BCUT2D eigenvalue weighted by molar-refractivity contribution is -0.238. The van der Waals surface area contributed by atoms with Gasteiger partial charge >= 0.3 is 5.97 Å². The topological polar surface area (TPSA) is 133 Å². The summed E-state index contributed by atoms with van der Waals surface area (Å²) >= 11 is 0. The number of nitrogens with one attached hydrogen (secondary N) is 1. The van der Waals surface area contributed by atoms with Crippen molar-refractivity contribution in [3.63, 3.8) is 0 Å². The van der Waals surface area contributed by atoms with E-state index in [1.165, 1.54) is 12.1 Å². The molecule has 8 heteroatoms. The normalized spacial score (nSPS) is 19.2. The van der Waals surface area contributed by atoms with Crippen molar-refractivity contribution in [3.8, 4) is 0 Å². The number of nitrogens with two attached hydrogens (primary N) is 1. The predicted octanol–water partition coefficient (Wildman–Crippen LogP) is 1.56. The van der Waals surface area contributed by atoms with Gasteiger partial charge < -0.3 is 16.2 Å². The lowest BCUT2D eigenvalue weighted by atomic mass is 9.95. The number of carbonyl (C=O) groups excluding carboxylic acids is 2. The summed E-state index contributed by atoms with van der Waals surface area (Å²) in [5.41, 5.74) is 4.33. The molecule has 1 aliphatic heterocycles. The fourth-order valence-corrected chi connectivity index (χ4v) is 3.24. The molecule has 1 aliphatic rings. The van der Waals surface area contributed by atoms with Gasteiger partial charge in [0.05, 0.1) is 11.1 Å². The number of hydroxylamine groups is 2. The van der Waals surface area contributed by atoms with Gasteiger partial charge in [-0.15, -0.1) is 10.3 Å². The van der Waals surface area contributed by atoms with Crippen LogP contribution in [0.5, 0.6) is 0 Å². The van der Waals surface area contributed by atoms with Crippen LogP contribution in [-0.2, 0) is 14.8 Å². The molecular weight excluding hydrogens is 350 g/mol. The van der Waals surface area contributed by atoms with E-state index in [0.717, 1.165) is 5.06 Å². The zero-order valence-electron chi connectivity index (χ0n) is 15.8. The van der Waals surface area contributed by atoms with Crippen LogP contribution >= 0.6 is 0 Å². The molecule has 0 saturated heterocycles. The molecular formula is C19H24N3O5. The zero-order valence-corrected chi connectivity index (χ0v) is 15.8. The summed E-state index contributed by atoms with van der Waals surface area (Å²) in [6, 6.07) is 4.88. The number of amides is 1. The smallest absolute Gasteiger partial charge is 0.326 e. The molecule has 2 rings (SSSR count). The van der Waals surface area contributed by atoms with Crippen LogP contribution in [0, 0.1) is 0 Å². The lowest BCUT2D eigenvalue weighted by Gasteiger charge is -2.33. The van der Waals surface area contributed by atoms with Crippen LogP contribution in [0.15, 0.2) is 35.9 Å². The summed E-state index contributed by atoms with van der Waals surface area (Å²) < 4.78 is 0. The van der Waals surface area contributed by atoms with Gasteiger partial charge in [-0.05, 0) is 39.8 Å². The average molecular weight is 374 g/mol. The molecule has 0 aromatic heterocycles. The Morgan fingerprint density at radius 2 is 1.78 bits per heavy atom. The number of nitrogens with zero attached hydrogens (tertiary/aromatic N) is 1. The lowest BCUT2D eigenvalue weighted by Crippen LogP contribution is -2.50. The number of para-hydroxylation sites is 1. The van der Waals surface area contributed by atoms with E-state index in [2.05, 4.69) is 5.32 Å². The Kier molecular flexibility index (Phi) is 5.44. The SMILES string of the molecule is CC1(C)C=C(C(=O)NC(CC(=O)c2ccccc2N)C(=O)O)C(C)(C)N1[O]. The number of aliphatic carboxylic acids is 1. The second-order valence-electron chi connectivity index (χ2n) is 7.64. The Morgan fingerprint density at radius 1 is 1.19 bits per heavy atom. The first-order valence-corrected chi connectivity index (χ1v) is 8.50. The molecule has 1 aromatic rings. The standard InChI is InChI=1S/C19H24N3O5/c1-18(2)10-12(19(3,4)22(18)27)16(24)21-14(17(25)26)9-15(23)11-7-5-6-8-13(11)20/h5-8,10,14H,9,20H2,1-4H3,(H,21,24)(H,25,26). The molecule has 0 aliphatic carbocycles. The van der Waals surface area contributed by atoms with Crippen molar-refractivity contribution >= 4 is 23.3 Å². The number of Topliss-reactive ketones (excluding diaryl/α,β-unsaturated/α-hetero) is 1. The number of anilines is 1. The van der Waals surface area contributed by atoms with Gasteiger partial charge in [-0.1, -0.05) is 18.2 Å². The summed E-state index contributed by atoms with van der Waals surface area (Å²) in [5, 5.41) is 25.0. The van der Waals surface area contributed by atoms with Crippen molar-refractivity contribution in [1.29, 1.82) is 0 Å². The monoisotopic (exact) mass is 374 g/mol. The van der Waals surface area contributed by atoms with Crippen molar-refractivity contribution in [2.24, 2.45) is 0 Å². The van der Waals surface area contributed by atoms with Crippen molar-refractivity contribution < 1.29 is 24.7 Å². The van der Waals surface area contributed by atoms with Gasteiger partial charge in [-0.25, -0.2) is 4.79 Å². The van der Waals surface area contributed by atoms with E-state index >= 15 is 0 Å². The molecule has 8 nitrogen and oxygen atoms in total. The maximum Gasteiger partial charge on any atom is 0.326 e. The highest BCUT2D eigenvalue weighted by atomic mass is 16.5. The largest absolute Gasteiger partial charge is 0.480 e. The third-order valence-electron chi connectivity index (χ3n) is 4.69. The van der Waals surface area contributed by atoms with Crippen molar-refractivity contribution in [3.05, 3.63) is 41.5 Å². The van der Waals surface area contributed by atoms with Crippen molar-refractivity contribution in [1.82, 2.24) is 10.4 Å². The summed E-state index contributed by atoms with van der Waals surface area (Å²) in [4.78, 5) is 36.6. The van der Waals surface area contributed by atoms with Crippen molar-refractivity contribution in [2.75, 3.05) is 5.73 Å². The fourth-order valence-electron chi connectivity index (χ4n) is 3.24. The van der Waals surface area contributed by atoms with Crippen LogP contribution in [0.4, 0.5) is 5.69 Å². The summed E-state index contributed by atoms with van der Waals surface area (Å²) in [6.07, 6.45) is 1.07. The van der Waals surface area contributed by atoms with Crippen LogP contribution < -0.4 is 11.1 Å². The number of carboxylic acid groups (broad SMARTS) is 1. The second kappa shape index (κ2) is 7.13. The minimum atomic E-state index is -1.44. The zero-order chi connectivity index (χ0) is 20.6. The van der Waals surface area contributed by atoms with E-state index < -0.39 is 41.2 Å². The number of hydrogen-bond donors (Lipinski definition) is 3. The number of carbonyl (C=O) groups is 3. The van der Waals surface area contributed by atoms with Gasteiger partial charge in [0.15, 0.2) is 5.78 Å². The molecule has 0 saturated carbocycles. The molecule has 0 fully saturated rings. The number of carboxylic acids is 1. The summed E-state index contributed by atoms with van der Waals surface area (Å²) in [6.45, 7) is 6.51. The van der Waals surface area contributed by atoms with Gasteiger partial charge in [0.1, 0.15) is 6.04 Å². The first kappa shape index (κ1) is 20.6. The number of rotatable bonds is 6. The Morgan fingerprint density at radius 3 is 2.26 bits per heavy atom. The Bertz CT molecular complexity index is 813. The molecule has 0 spiro atoms. The van der Waals surface area contributed by atoms with Crippen molar-refractivity contribution in [2.45, 2.75) is 51.2 Å². The third kappa shape index (κ3) is 4.01. The number of nitrogen functional groups attached to an aromatic ring is 1. The minimum absolute atomic E-state index is 0.167. The molecule has 1 aromatic carbocycles. The summed E-state index contributed by atoms with van der Waals surface area (Å²) in [5.74, 6) is -2.53. The van der Waals surface area contributed by atoms with E-state index in [4.69, 9.17) is 5.73 Å². The predicted molar refractivity (Wildman–Crippen MR) is 98.1 cm³/mol. The van der Waals surface area contributed by atoms with E-state index in [1.54, 1.807) is 45.9 Å². The maximum atomic E-state index is 12.6. The van der Waals surface area contributed by atoms with Gasteiger partial charge in [0.25, 0.3) is 0 Å². The van der Waals surface area contributed by atoms with E-state index in [-0.39, 0.29) is 16.8 Å². The van der Waals surface area contributed by atoms with Crippen LogP contribution in [0.2, 0.25) is 0 Å². The van der Waals surface area contributed by atoms with Gasteiger partial charge in [0, 0.05) is 23.2 Å². The quantitative estimate of drug-likeness (QED) is 0.511. The van der Waals surface area contributed by atoms with Gasteiger partial charge in [0.2, 0.25) is 5.91 Å². The highest BCUT2D eigenvalue weighted by Gasteiger charge is 2.49. The molecule has 0 bridgehead atoms. The Balaban J connectivity index is 2.20. The van der Waals surface area contributed by atoms with E-state index in [9.17, 15) is 24.7 Å². The van der Waals surface area contributed by atoms with Crippen LogP contribution in [0.3, 0.4) is 0 Å².